The number of aryl methyl sites for hydroxylation is 2. The molecule has 1 aromatic heterocycles. The van der Waals surface area contributed by atoms with E-state index in [1.165, 1.54) is 18.2 Å². The van der Waals surface area contributed by atoms with E-state index in [-0.39, 0.29) is 34.7 Å². The Morgan fingerprint density at radius 2 is 1.96 bits per heavy atom. The summed E-state index contributed by atoms with van der Waals surface area (Å²) in [5, 5.41) is 13.7. The smallest absolute Gasteiger partial charge is 0.291 e. The van der Waals surface area contributed by atoms with E-state index in [2.05, 4.69) is 5.32 Å². The van der Waals surface area contributed by atoms with Gasteiger partial charge in [0.1, 0.15) is 18.1 Å². The molecule has 0 aliphatic carbocycles. The fraction of sp³-hybridized carbons (Fsp3) is 0.150. The Morgan fingerprint density at radius 1 is 1.18 bits per heavy atom. The zero-order valence-electron chi connectivity index (χ0n) is 15.2. The third-order valence-corrected chi connectivity index (χ3v) is 4.32. The summed E-state index contributed by atoms with van der Waals surface area (Å²) in [6.07, 6.45) is 0. The lowest BCUT2D eigenvalue weighted by atomic mass is 10.1. The number of carbonyl (C=O) groups is 1. The molecule has 2 aromatic carbocycles. The van der Waals surface area contributed by atoms with Gasteiger partial charge in [0.15, 0.2) is 5.76 Å². The van der Waals surface area contributed by atoms with Crippen LogP contribution in [0.25, 0.3) is 0 Å². The highest BCUT2D eigenvalue weighted by Gasteiger charge is 2.14. The highest BCUT2D eigenvalue weighted by atomic mass is 35.5. The summed E-state index contributed by atoms with van der Waals surface area (Å²) in [5.74, 6) is 0.480. The lowest BCUT2D eigenvalue weighted by molar-refractivity contribution is -0.384. The van der Waals surface area contributed by atoms with Crippen LogP contribution in [0.3, 0.4) is 0 Å². The number of carbonyl (C=O) groups excluding carboxylic acids is 1. The molecule has 1 N–H and O–H groups in total. The van der Waals surface area contributed by atoms with Crippen molar-refractivity contribution in [2.24, 2.45) is 0 Å². The van der Waals surface area contributed by atoms with E-state index in [4.69, 9.17) is 20.8 Å². The highest BCUT2D eigenvalue weighted by molar-refractivity contribution is 6.32. The van der Waals surface area contributed by atoms with Crippen molar-refractivity contribution in [3.63, 3.8) is 0 Å². The van der Waals surface area contributed by atoms with Crippen LogP contribution in [0.2, 0.25) is 5.02 Å². The summed E-state index contributed by atoms with van der Waals surface area (Å²) in [7, 11) is 0. The Bertz CT molecular complexity index is 1040. The maximum Gasteiger partial charge on any atom is 0.291 e. The number of halogens is 1. The number of hydrogen-bond donors (Lipinski definition) is 1. The molecule has 7 nitrogen and oxygen atoms in total. The SMILES string of the molecule is Cc1ccc(C)c(NC(=O)c2ccc(COc3ccc([N+](=O)[O-])cc3Cl)o2)c1. The number of anilines is 1. The normalized spacial score (nSPS) is 10.5. The first kappa shape index (κ1) is 19.4. The number of nitrogens with zero attached hydrogens (tertiary/aromatic N) is 1. The zero-order valence-corrected chi connectivity index (χ0v) is 15.9. The van der Waals surface area contributed by atoms with Crippen LogP contribution < -0.4 is 10.1 Å². The second-order valence-corrected chi connectivity index (χ2v) is 6.61. The fourth-order valence-corrected chi connectivity index (χ4v) is 2.73. The van der Waals surface area contributed by atoms with Gasteiger partial charge < -0.3 is 14.5 Å². The molecule has 3 aromatic rings. The quantitative estimate of drug-likeness (QED) is 0.448. The molecule has 28 heavy (non-hydrogen) atoms. The van der Waals surface area contributed by atoms with Crippen LogP contribution in [0.4, 0.5) is 11.4 Å². The van der Waals surface area contributed by atoms with Gasteiger partial charge in [-0.05, 0) is 49.2 Å². The highest BCUT2D eigenvalue weighted by Crippen LogP contribution is 2.29. The summed E-state index contributed by atoms with van der Waals surface area (Å²) < 4.78 is 11.0. The van der Waals surface area contributed by atoms with E-state index in [0.717, 1.165) is 16.8 Å². The standard InChI is InChI=1S/C20H17ClN2O5/c1-12-3-4-13(2)17(9-12)22-20(24)19-8-6-15(28-19)11-27-18-7-5-14(23(25)26)10-16(18)21/h3-10H,11H2,1-2H3,(H,22,24). The van der Waals surface area contributed by atoms with Gasteiger partial charge in [-0.2, -0.15) is 0 Å². The summed E-state index contributed by atoms with van der Waals surface area (Å²) >= 11 is 5.99. The average Bonchev–Trinajstić information content (AvgIpc) is 3.12. The van der Waals surface area contributed by atoms with Crippen molar-refractivity contribution in [3.05, 3.63) is 86.3 Å². The number of benzene rings is 2. The molecule has 0 unspecified atom stereocenters. The van der Waals surface area contributed by atoms with Gasteiger partial charge in [0.2, 0.25) is 0 Å². The summed E-state index contributed by atoms with van der Waals surface area (Å²) in [4.78, 5) is 22.6. The Kier molecular flexibility index (Phi) is 5.65. The first-order chi connectivity index (χ1) is 13.3. The summed E-state index contributed by atoms with van der Waals surface area (Å²) in [6.45, 7) is 3.87. The maximum absolute atomic E-state index is 12.4. The van der Waals surface area contributed by atoms with Crippen molar-refractivity contribution in [2.75, 3.05) is 5.32 Å². The first-order valence-corrected chi connectivity index (χ1v) is 8.75. The van der Waals surface area contributed by atoms with Crippen molar-refractivity contribution in [1.82, 2.24) is 0 Å². The molecule has 1 heterocycles. The number of nitrogens with one attached hydrogen (secondary N) is 1. The Labute approximate surface area is 166 Å². The molecule has 8 heteroatoms. The number of amides is 1. The molecule has 0 aliphatic rings. The van der Waals surface area contributed by atoms with Crippen molar-refractivity contribution in [2.45, 2.75) is 20.5 Å². The summed E-state index contributed by atoms with van der Waals surface area (Å²) in [5.41, 5.74) is 2.58. The van der Waals surface area contributed by atoms with Crippen molar-refractivity contribution >= 4 is 28.9 Å². The van der Waals surface area contributed by atoms with E-state index in [1.54, 1.807) is 12.1 Å². The van der Waals surface area contributed by atoms with Crippen LogP contribution in [0.15, 0.2) is 52.9 Å². The number of furan rings is 1. The van der Waals surface area contributed by atoms with Crippen molar-refractivity contribution in [1.29, 1.82) is 0 Å². The van der Waals surface area contributed by atoms with Crippen LogP contribution >= 0.6 is 11.6 Å². The molecule has 0 saturated carbocycles. The number of nitro benzene ring substituents is 1. The minimum absolute atomic E-state index is 0.0221. The number of rotatable bonds is 6. The van der Waals surface area contributed by atoms with Crippen molar-refractivity contribution in [3.8, 4) is 5.75 Å². The molecule has 1 amide bonds. The molecule has 3 rings (SSSR count). The molecule has 144 valence electrons. The van der Waals surface area contributed by atoms with E-state index in [0.29, 0.717) is 5.76 Å². The fourth-order valence-electron chi connectivity index (χ4n) is 2.50. The minimum atomic E-state index is -0.539. The molecule has 0 saturated heterocycles. The molecule has 0 atom stereocenters. The van der Waals surface area contributed by atoms with Gasteiger partial charge in [-0.1, -0.05) is 23.7 Å². The van der Waals surface area contributed by atoms with Gasteiger partial charge in [0, 0.05) is 17.8 Å². The molecule has 0 spiro atoms. The molecular weight excluding hydrogens is 384 g/mol. The first-order valence-electron chi connectivity index (χ1n) is 8.37. The number of hydrogen-bond acceptors (Lipinski definition) is 5. The van der Waals surface area contributed by atoms with Crippen LogP contribution in [-0.4, -0.2) is 10.8 Å². The molecule has 0 bridgehead atoms. The minimum Gasteiger partial charge on any atom is -0.484 e. The van der Waals surface area contributed by atoms with E-state index >= 15 is 0 Å². The van der Waals surface area contributed by atoms with E-state index in [1.807, 2.05) is 32.0 Å². The van der Waals surface area contributed by atoms with Crippen LogP contribution in [0.1, 0.15) is 27.4 Å². The van der Waals surface area contributed by atoms with Crippen LogP contribution in [0.5, 0.6) is 5.75 Å². The Balaban J connectivity index is 1.65. The molecule has 0 radical (unpaired) electrons. The molecule has 0 fully saturated rings. The third-order valence-electron chi connectivity index (χ3n) is 4.02. The predicted octanol–water partition coefficient (Wildman–Crippen LogP) is 5.29. The second-order valence-electron chi connectivity index (χ2n) is 6.20. The number of nitro groups is 1. The largest absolute Gasteiger partial charge is 0.484 e. The van der Waals surface area contributed by atoms with Gasteiger partial charge in [-0.3, -0.25) is 14.9 Å². The Hall–Kier alpha value is -3.32. The average molecular weight is 401 g/mol. The second kappa shape index (κ2) is 8.14. The van der Waals surface area contributed by atoms with Gasteiger partial charge in [0.25, 0.3) is 11.6 Å². The van der Waals surface area contributed by atoms with Gasteiger partial charge >= 0.3 is 0 Å². The number of ether oxygens (including phenoxy) is 1. The van der Waals surface area contributed by atoms with Gasteiger partial charge in [-0.15, -0.1) is 0 Å². The van der Waals surface area contributed by atoms with E-state index < -0.39 is 4.92 Å². The third kappa shape index (κ3) is 4.50. The van der Waals surface area contributed by atoms with E-state index in [9.17, 15) is 14.9 Å². The van der Waals surface area contributed by atoms with Crippen LogP contribution in [-0.2, 0) is 6.61 Å². The molecular formula is C20H17ClN2O5. The summed E-state index contributed by atoms with van der Waals surface area (Å²) in [6, 6.07) is 12.9. The zero-order chi connectivity index (χ0) is 20.3. The van der Waals surface area contributed by atoms with Crippen LogP contribution in [0, 0.1) is 24.0 Å². The van der Waals surface area contributed by atoms with Crippen molar-refractivity contribution < 1.29 is 18.9 Å². The monoisotopic (exact) mass is 400 g/mol. The number of non-ortho nitro benzene ring substituents is 1. The maximum atomic E-state index is 12.4. The Morgan fingerprint density at radius 3 is 2.68 bits per heavy atom. The molecule has 0 aliphatic heterocycles. The van der Waals surface area contributed by atoms with Gasteiger partial charge in [-0.25, -0.2) is 0 Å². The van der Waals surface area contributed by atoms with Gasteiger partial charge in [0.05, 0.1) is 9.95 Å². The topological polar surface area (TPSA) is 94.6 Å². The predicted molar refractivity (Wildman–Crippen MR) is 105 cm³/mol. The lowest BCUT2D eigenvalue weighted by Gasteiger charge is -2.08. The lowest BCUT2D eigenvalue weighted by Crippen LogP contribution is -2.12.